The molecule has 0 fully saturated rings. The highest BCUT2D eigenvalue weighted by molar-refractivity contribution is 9.11. The van der Waals surface area contributed by atoms with Crippen LogP contribution in [0.4, 0.5) is 0 Å². The molecular weight excluding hydrogens is 304 g/mol. The number of thiophene rings is 1. The van der Waals surface area contributed by atoms with E-state index in [9.17, 15) is 0 Å². The molecule has 0 amide bonds. The summed E-state index contributed by atoms with van der Waals surface area (Å²) in [5.74, 6) is 0. The number of hydrogen-bond donors (Lipinski definition) is 2. The predicted octanol–water partition coefficient (Wildman–Crippen LogP) is 1.45. The van der Waals surface area contributed by atoms with Crippen LogP contribution in [0.3, 0.4) is 0 Å². The molecule has 0 aliphatic carbocycles. The van der Waals surface area contributed by atoms with Crippen LogP contribution in [0.25, 0.3) is 0 Å². The largest absolute Gasteiger partial charge is 0.395 e. The van der Waals surface area contributed by atoms with E-state index in [2.05, 4.69) is 26.9 Å². The van der Waals surface area contributed by atoms with E-state index in [0.29, 0.717) is 19.7 Å². The van der Waals surface area contributed by atoms with Crippen molar-refractivity contribution in [3.05, 3.63) is 20.8 Å². The van der Waals surface area contributed by atoms with Gasteiger partial charge in [-0.2, -0.15) is 0 Å². The first kappa shape index (κ1) is 15.1. The number of nitrogens with two attached hydrogens (primary N) is 1. The lowest BCUT2D eigenvalue weighted by Crippen LogP contribution is -2.37. The standard InChI is InChI=1S/C11H19BrN2O2S/c1-16-7-5-14(4-6-15)9(8-13)10-2-3-11(12)17-10/h2-3,9,15H,4-8,13H2,1H3. The van der Waals surface area contributed by atoms with Gasteiger partial charge in [0, 0.05) is 31.6 Å². The monoisotopic (exact) mass is 322 g/mol. The number of aliphatic hydroxyl groups is 1. The number of aliphatic hydroxyl groups excluding tert-OH is 1. The van der Waals surface area contributed by atoms with E-state index in [-0.39, 0.29) is 12.6 Å². The maximum absolute atomic E-state index is 9.10. The Balaban J connectivity index is 2.73. The second-order valence-corrected chi connectivity index (χ2v) is 6.14. The molecule has 1 aromatic rings. The fourth-order valence-corrected chi connectivity index (χ4v) is 3.28. The first-order valence-electron chi connectivity index (χ1n) is 5.52. The average Bonchev–Trinajstić information content (AvgIpc) is 2.73. The van der Waals surface area contributed by atoms with Gasteiger partial charge in [0.05, 0.1) is 23.0 Å². The lowest BCUT2D eigenvalue weighted by molar-refractivity contribution is 0.104. The van der Waals surface area contributed by atoms with Gasteiger partial charge < -0.3 is 15.6 Å². The van der Waals surface area contributed by atoms with Crippen LogP contribution in [0, 0.1) is 0 Å². The molecule has 17 heavy (non-hydrogen) atoms. The number of halogens is 1. The maximum Gasteiger partial charge on any atom is 0.0702 e. The van der Waals surface area contributed by atoms with Gasteiger partial charge in [-0.05, 0) is 28.1 Å². The van der Waals surface area contributed by atoms with Gasteiger partial charge >= 0.3 is 0 Å². The van der Waals surface area contributed by atoms with Crippen LogP contribution in [0.2, 0.25) is 0 Å². The minimum absolute atomic E-state index is 0.132. The second kappa shape index (κ2) is 8.18. The minimum Gasteiger partial charge on any atom is -0.395 e. The Morgan fingerprint density at radius 2 is 2.29 bits per heavy atom. The van der Waals surface area contributed by atoms with Crippen LogP contribution < -0.4 is 5.73 Å². The molecule has 1 heterocycles. The number of rotatable bonds is 8. The Bertz CT molecular complexity index is 322. The van der Waals surface area contributed by atoms with Gasteiger partial charge in [-0.3, -0.25) is 4.90 Å². The molecule has 6 heteroatoms. The molecule has 0 aliphatic rings. The zero-order valence-electron chi connectivity index (χ0n) is 9.93. The molecule has 0 radical (unpaired) electrons. The summed E-state index contributed by atoms with van der Waals surface area (Å²) in [6.07, 6.45) is 0. The number of methoxy groups -OCH3 is 1. The third-order valence-corrected chi connectivity index (χ3v) is 4.28. The molecule has 1 unspecified atom stereocenters. The summed E-state index contributed by atoms with van der Waals surface area (Å²) >= 11 is 5.14. The molecule has 4 nitrogen and oxygen atoms in total. The molecule has 3 N–H and O–H groups in total. The van der Waals surface area contributed by atoms with Crippen LogP contribution in [-0.2, 0) is 4.74 Å². The van der Waals surface area contributed by atoms with E-state index in [0.717, 1.165) is 10.3 Å². The Morgan fingerprint density at radius 1 is 1.53 bits per heavy atom. The molecule has 0 spiro atoms. The molecule has 0 saturated heterocycles. The van der Waals surface area contributed by atoms with E-state index < -0.39 is 0 Å². The number of ether oxygens (including phenoxy) is 1. The van der Waals surface area contributed by atoms with Crippen LogP contribution in [-0.4, -0.2) is 50.0 Å². The average molecular weight is 323 g/mol. The fraction of sp³-hybridized carbons (Fsp3) is 0.636. The van der Waals surface area contributed by atoms with Gasteiger partial charge in [-0.25, -0.2) is 0 Å². The third kappa shape index (κ3) is 4.65. The minimum atomic E-state index is 0.132. The first-order valence-corrected chi connectivity index (χ1v) is 7.13. The molecular formula is C11H19BrN2O2S. The van der Waals surface area contributed by atoms with Gasteiger partial charge in [0.2, 0.25) is 0 Å². The summed E-state index contributed by atoms with van der Waals surface area (Å²) in [6.45, 7) is 2.70. The van der Waals surface area contributed by atoms with Gasteiger partial charge in [0.15, 0.2) is 0 Å². The zero-order chi connectivity index (χ0) is 12.7. The summed E-state index contributed by atoms with van der Waals surface area (Å²) in [5.41, 5.74) is 5.84. The maximum atomic E-state index is 9.10. The topological polar surface area (TPSA) is 58.7 Å². The highest BCUT2D eigenvalue weighted by Crippen LogP contribution is 2.30. The fourth-order valence-electron chi connectivity index (χ4n) is 1.71. The molecule has 98 valence electrons. The van der Waals surface area contributed by atoms with Crippen molar-refractivity contribution in [2.75, 3.05) is 40.0 Å². The second-order valence-electron chi connectivity index (χ2n) is 3.65. The van der Waals surface area contributed by atoms with Crippen LogP contribution in [0.1, 0.15) is 10.9 Å². The normalized spacial score (nSPS) is 13.2. The molecule has 1 aromatic heterocycles. The van der Waals surface area contributed by atoms with E-state index in [1.165, 1.54) is 4.88 Å². The third-order valence-electron chi connectivity index (χ3n) is 2.56. The Hall–Kier alpha value is 0.0200. The number of hydrogen-bond acceptors (Lipinski definition) is 5. The number of nitrogens with zero attached hydrogens (tertiary/aromatic N) is 1. The van der Waals surface area contributed by atoms with Gasteiger partial charge in [0.1, 0.15) is 0 Å². The summed E-state index contributed by atoms with van der Waals surface area (Å²) < 4.78 is 6.18. The Morgan fingerprint density at radius 3 is 2.76 bits per heavy atom. The summed E-state index contributed by atoms with van der Waals surface area (Å²) in [6, 6.07) is 4.24. The Labute approximate surface area is 115 Å². The van der Waals surface area contributed by atoms with E-state index >= 15 is 0 Å². The van der Waals surface area contributed by atoms with Crippen LogP contribution >= 0.6 is 27.3 Å². The lowest BCUT2D eigenvalue weighted by atomic mass is 10.2. The Kier molecular flexibility index (Phi) is 7.26. The van der Waals surface area contributed by atoms with Crippen molar-refractivity contribution in [2.24, 2.45) is 5.73 Å². The van der Waals surface area contributed by atoms with Gasteiger partial charge in [-0.15, -0.1) is 11.3 Å². The summed E-state index contributed by atoms with van der Waals surface area (Å²) in [7, 11) is 1.68. The van der Waals surface area contributed by atoms with Crippen molar-refractivity contribution in [1.82, 2.24) is 4.90 Å². The van der Waals surface area contributed by atoms with Crippen molar-refractivity contribution < 1.29 is 9.84 Å². The quantitative estimate of drug-likeness (QED) is 0.760. The predicted molar refractivity (Wildman–Crippen MR) is 74.3 cm³/mol. The summed E-state index contributed by atoms with van der Waals surface area (Å²) in [5, 5.41) is 9.10. The van der Waals surface area contributed by atoms with E-state index in [1.54, 1.807) is 18.4 Å². The highest BCUT2D eigenvalue weighted by atomic mass is 79.9. The zero-order valence-corrected chi connectivity index (χ0v) is 12.3. The summed E-state index contributed by atoms with van der Waals surface area (Å²) in [4.78, 5) is 3.37. The SMILES string of the molecule is COCCN(CCO)C(CN)c1ccc(Br)s1. The molecule has 0 saturated carbocycles. The van der Waals surface area contributed by atoms with Crippen molar-refractivity contribution in [2.45, 2.75) is 6.04 Å². The van der Waals surface area contributed by atoms with Crippen molar-refractivity contribution in [3.8, 4) is 0 Å². The highest BCUT2D eigenvalue weighted by Gasteiger charge is 2.19. The smallest absolute Gasteiger partial charge is 0.0702 e. The molecule has 0 aliphatic heterocycles. The lowest BCUT2D eigenvalue weighted by Gasteiger charge is -2.29. The molecule has 0 bridgehead atoms. The molecule has 0 aromatic carbocycles. The van der Waals surface area contributed by atoms with Crippen LogP contribution in [0.5, 0.6) is 0 Å². The van der Waals surface area contributed by atoms with Gasteiger partial charge in [-0.1, -0.05) is 0 Å². The first-order chi connectivity index (χ1) is 8.22. The molecule has 1 atom stereocenters. The van der Waals surface area contributed by atoms with E-state index in [4.69, 9.17) is 15.6 Å². The van der Waals surface area contributed by atoms with Crippen molar-refractivity contribution >= 4 is 27.3 Å². The van der Waals surface area contributed by atoms with E-state index in [1.807, 2.05) is 6.07 Å². The van der Waals surface area contributed by atoms with Gasteiger partial charge in [0.25, 0.3) is 0 Å². The van der Waals surface area contributed by atoms with Crippen molar-refractivity contribution in [1.29, 1.82) is 0 Å². The van der Waals surface area contributed by atoms with Crippen molar-refractivity contribution in [3.63, 3.8) is 0 Å². The molecule has 1 rings (SSSR count). The van der Waals surface area contributed by atoms with Crippen LogP contribution in [0.15, 0.2) is 15.9 Å².